The lowest BCUT2D eigenvalue weighted by molar-refractivity contribution is 0.0995. The Kier molecular flexibility index (Phi) is 7.00. The number of amides is 3. The first kappa shape index (κ1) is 24.2. The highest BCUT2D eigenvalue weighted by Crippen LogP contribution is 2.34. The molecule has 3 N–H and O–H groups in total. The first-order valence-electron chi connectivity index (χ1n) is 10.7. The molecule has 0 aliphatic carbocycles. The van der Waals surface area contributed by atoms with Gasteiger partial charge in [0.05, 0.1) is 40.5 Å². The summed E-state index contributed by atoms with van der Waals surface area (Å²) in [6.07, 6.45) is 0.521. The summed E-state index contributed by atoms with van der Waals surface area (Å²) < 4.78 is 20.7. The van der Waals surface area contributed by atoms with Crippen LogP contribution < -0.4 is 11.1 Å². The van der Waals surface area contributed by atoms with Gasteiger partial charge >= 0.3 is 6.03 Å². The fourth-order valence-corrected chi connectivity index (χ4v) is 4.24. The van der Waals surface area contributed by atoms with Crippen molar-refractivity contribution in [2.75, 3.05) is 25.6 Å². The molecule has 3 amide bonds. The van der Waals surface area contributed by atoms with Gasteiger partial charge in [-0.3, -0.25) is 9.48 Å². The zero-order valence-electron chi connectivity index (χ0n) is 18.8. The monoisotopic (exact) mass is 496 g/mol. The number of nitrogens with one attached hydrogen (secondary N) is 1. The zero-order chi connectivity index (χ0) is 25.1. The topological polar surface area (TPSA) is 126 Å². The van der Waals surface area contributed by atoms with Crippen LogP contribution in [-0.2, 0) is 11.3 Å². The number of nitriles is 1. The quantitative estimate of drug-likeness (QED) is 0.534. The standard InChI is InChI=1S/C24H22ClFN6O3/c1-35-9-8-17-12-31(24(34)29-16-5-2-14(11-27)3-6-16)13-20-21(23(28)33)22(30-32(17)20)15-4-7-19(26)18(25)10-15/h2-7,10,17H,8-9,12-13H2,1H3,(H2,28,33)(H,29,34). The molecular formula is C24H22ClFN6O3. The van der Waals surface area contributed by atoms with Gasteiger partial charge in [-0.2, -0.15) is 10.4 Å². The molecule has 11 heteroatoms. The molecule has 1 aliphatic rings. The summed E-state index contributed by atoms with van der Waals surface area (Å²) in [6.45, 7) is 0.784. The van der Waals surface area contributed by atoms with E-state index in [4.69, 9.17) is 27.3 Å². The highest BCUT2D eigenvalue weighted by Gasteiger charge is 2.34. The Morgan fingerprint density at radius 1 is 1.31 bits per heavy atom. The van der Waals surface area contributed by atoms with Gasteiger partial charge in [-0.25, -0.2) is 9.18 Å². The lowest BCUT2D eigenvalue weighted by Crippen LogP contribution is -2.44. The van der Waals surface area contributed by atoms with Gasteiger partial charge in [-0.15, -0.1) is 0 Å². The Morgan fingerprint density at radius 3 is 2.69 bits per heavy atom. The summed E-state index contributed by atoms with van der Waals surface area (Å²) in [7, 11) is 1.57. The van der Waals surface area contributed by atoms with E-state index in [0.717, 1.165) is 0 Å². The van der Waals surface area contributed by atoms with E-state index in [2.05, 4.69) is 10.4 Å². The number of aromatic nitrogens is 2. The molecule has 9 nitrogen and oxygen atoms in total. The van der Waals surface area contributed by atoms with Crippen molar-refractivity contribution in [3.63, 3.8) is 0 Å². The summed E-state index contributed by atoms with van der Waals surface area (Å²) >= 11 is 5.96. The Balaban J connectivity index is 1.71. The number of fused-ring (bicyclic) bond motifs is 1. The van der Waals surface area contributed by atoms with E-state index in [1.807, 2.05) is 6.07 Å². The van der Waals surface area contributed by atoms with Gasteiger partial charge in [0.25, 0.3) is 5.91 Å². The first-order chi connectivity index (χ1) is 16.8. The summed E-state index contributed by atoms with van der Waals surface area (Å²) in [5.41, 5.74) is 8.06. The van der Waals surface area contributed by atoms with Crippen molar-refractivity contribution in [1.82, 2.24) is 14.7 Å². The fraction of sp³-hybridized carbons (Fsp3) is 0.250. The van der Waals surface area contributed by atoms with Crippen LogP contribution in [0.15, 0.2) is 42.5 Å². The highest BCUT2D eigenvalue weighted by atomic mass is 35.5. The molecule has 1 aromatic heterocycles. The van der Waals surface area contributed by atoms with E-state index < -0.39 is 11.7 Å². The van der Waals surface area contributed by atoms with E-state index in [0.29, 0.717) is 42.1 Å². The molecule has 0 saturated carbocycles. The van der Waals surface area contributed by atoms with Crippen LogP contribution in [0.3, 0.4) is 0 Å². The molecule has 1 unspecified atom stereocenters. The van der Waals surface area contributed by atoms with Crippen LogP contribution >= 0.6 is 11.6 Å². The number of methoxy groups -OCH3 is 1. The minimum atomic E-state index is -0.721. The van der Waals surface area contributed by atoms with Gasteiger partial charge < -0.3 is 20.7 Å². The minimum absolute atomic E-state index is 0.0752. The molecule has 0 spiro atoms. The van der Waals surface area contributed by atoms with Crippen molar-refractivity contribution in [3.8, 4) is 17.3 Å². The van der Waals surface area contributed by atoms with Crippen LogP contribution in [0.1, 0.15) is 34.1 Å². The molecule has 0 fully saturated rings. The number of ether oxygens (including phenoxy) is 1. The molecule has 2 heterocycles. The van der Waals surface area contributed by atoms with Crippen molar-refractivity contribution >= 4 is 29.2 Å². The fourth-order valence-electron chi connectivity index (χ4n) is 4.06. The SMILES string of the molecule is COCCC1CN(C(=O)Nc2ccc(C#N)cc2)Cc2c(C(N)=O)c(-c3ccc(F)c(Cl)c3)nn21. The number of hydrogen-bond donors (Lipinski definition) is 2. The predicted octanol–water partition coefficient (Wildman–Crippen LogP) is 3.94. The number of anilines is 1. The van der Waals surface area contributed by atoms with Crippen LogP contribution in [0.5, 0.6) is 0 Å². The van der Waals surface area contributed by atoms with E-state index in [1.54, 1.807) is 41.0 Å². The summed E-state index contributed by atoms with van der Waals surface area (Å²) in [5, 5.41) is 16.3. The molecule has 180 valence electrons. The minimum Gasteiger partial charge on any atom is -0.385 e. The summed E-state index contributed by atoms with van der Waals surface area (Å²) in [6, 6.07) is 11.9. The number of primary amides is 1. The third kappa shape index (κ3) is 4.96. The molecule has 2 aromatic carbocycles. The summed E-state index contributed by atoms with van der Waals surface area (Å²) in [4.78, 5) is 27.2. The van der Waals surface area contributed by atoms with Gasteiger partial charge in [-0.1, -0.05) is 11.6 Å². The molecule has 1 aliphatic heterocycles. The zero-order valence-corrected chi connectivity index (χ0v) is 19.6. The van der Waals surface area contributed by atoms with Gasteiger partial charge in [-0.05, 0) is 48.9 Å². The molecular weight excluding hydrogens is 475 g/mol. The maximum Gasteiger partial charge on any atom is 0.322 e. The lowest BCUT2D eigenvalue weighted by atomic mass is 10.0. The predicted molar refractivity (Wildman–Crippen MR) is 127 cm³/mol. The number of halogens is 2. The normalized spacial score (nSPS) is 14.8. The lowest BCUT2D eigenvalue weighted by Gasteiger charge is -2.34. The van der Waals surface area contributed by atoms with Crippen molar-refractivity contribution in [1.29, 1.82) is 5.26 Å². The Morgan fingerprint density at radius 2 is 2.06 bits per heavy atom. The average molecular weight is 497 g/mol. The van der Waals surface area contributed by atoms with E-state index >= 15 is 0 Å². The van der Waals surface area contributed by atoms with Gasteiger partial charge in [0.2, 0.25) is 0 Å². The van der Waals surface area contributed by atoms with Crippen LogP contribution in [0, 0.1) is 17.1 Å². The second-order valence-corrected chi connectivity index (χ2v) is 8.45. The van der Waals surface area contributed by atoms with E-state index in [-0.39, 0.29) is 34.9 Å². The van der Waals surface area contributed by atoms with Gasteiger partial charge in [0, 0.05) is 31.5 Å². The first-order valence-corrected chi connectivity index (χ1v) is 11.1. The highest BCUT2D eigenvalue weighted by molar-refractivity contribution is 6.31. The van der Waals surface area contributed by atoms with Crippen molar-refractivity contribution in [2.45, 2.75) is 19.0 Å². The van der Waals surface area contributed by atoms with E-state index in [9.17, 15) is 14.0 Å². The number of benzene rings is 2. The van der Waals surface area contributed by atoms with Crippen LogP contribution in [0.25, 0.3) is 11.3 Å². The van der Waals surface area contributed by atoms with Crippen molar-refractivity contribution < 1.29 is 18.7 Å². The number of urea groups is 1. The summed E-state index contributed by atoms with van der Waals surface area (Å²) in [5.74, 6) is -1.31. The number of carbonyl (C=O) groups is 2. The average Bonchev–Trinajstić information content (AvgIpc) is 3.24. The van der Waals surface area contributed by atoms with Gasteiger partial charge in [0.15, 0.2) is 0 Å². The maximum atomic E-state index is 13.7. The Bertz CT molecular complexity index is 1320. The number of nitrogens with two attached hydrogens (primary N) is 1. The Labute approximate surface area is 205 Å². The smallest absolute Gasteiger partial charge is 0.322 e. The second kappa shape index (κ2) is 10.1. The Hall–Kier alpha value is -3.94. The maximum absolute atomic E-state index is 13.7. The molecule has 0 bridgehead atoms. The van der Waals surface area contributed by atoms with Crippen LogP contribution in [0.2, 0.25) is 5.02 Å². The number of hydrogen-bond acceptors (Lipinski definition) is 5. The number of carbonyl (C=O) groups excluding carboxylic acids is 2. The third-order valence-electron chi connectivity index (χ3n) is 5.77. The number of rotatable bonds is 6. The third-order valence-corrected chi connectivity index (χ3v) is 6.06. The molecule has 0 radical (unpaired) electrons. The van der Waals surface area contributed by atoms with E-state index in [1.165, 1.54) is 18.2 Å². The van der Waals surface area contributed by atoms with Crippen molar-refractivity contribution in [3.05, 3.63) is 70.1 Å². The van der Waals surface area contributed by atoms with Gasteiger partial charge in [0.1, 0.15) is 11.5 Å². The largest absolute Gasteiger partial charge is 0.385 e. The van der Waals surface area contributed by atoms with Crippen molar-refractivity contribution in [2.24, 2.45) is 5.73 Å². The molecule has 35 heavy (non-hydrogen) atoms. The molecule has 1 atom stereocenters. The molecule has 3 aromatic rings. The van der Waals surface area contributed by atoms with Crippen LogP contribution in [0.4, 0.5) is 14.9 Å². The number of nitrogens with zero attached hydrogens (tertiary/aromatic N) is 4. The van der Waals surface area contributed by atoms with Crippen LogP contribution in [-0.4, -0.2) is 46.9 Å². The second-order valence-electron chi connectivity index (χ2n) is 8.04. The molecule has 4 rings (SSSR count). The molecule has 0 saturated heterocycles.